The van der Waals surface area contributed by atoms with E-state index in [1.54, 1.807) is 36.4 Å². The Morgan fingerprint density at radius 1 is 0.889 bits per heavy atom. The molecule has 1 aliphatic rings. The molecule has 1 atom stereocenters. The molecule has 0 aliphatic carbocycles. The molecule has 3 rings (SSSR count). The Hall–Kier alpha value is -3.72. The first-order chi connectivity index (χ1) is 17.4. The summed E-state index contributed by atoms with van der Waals surface area (Å²) in [5.74, 6) is -0.253. The van der Waals surface area contributed by atoms with Crippen molar-refractivity contribution in [3.05, 3.63) is 53.1 Å². The number of aliphatic hydroxyl groups is 1. The van der Waals surface area contributed by atoms with Gasteiger partial charge in [-0.3, -0.25) is 9.59 Å². The van der Waals surface area contributed by atoms with Gasteiger partial charge in [0, 0.05) is 13.1 Å². The number of benzene rings is 2. The number of likely N-dealkylation sites (N-methyl/N-ethyl adjacent to an activating group) is 1. The van der Waals surface area contributed by atoms with Gasteiger partial charge in [0.05, 0.1) is 40.1 Å². The van der Waals surface area contributed by atoms with Gasteiger partial charge in [0.25, 0.3) is 11.7 Å². The van der Waals surface area contributed by atoms with Crippen LogP contribution < -0.4 is 18.9 Å². The summed E-state index contributed by atoms with van der Waals surface area (Å²) in [7, 11) is 5.96. The molecule has 0 spiro atoms. The van der Waals surface area contributed by atoms with Crippen molar-refractivity contribution in [1.29, 1.82) is 0 Å². The number of rotatable bonds is 11. The molecule has 0 radical (unpaired) electrons. The molecule has 36 heavy (non-hydrogen) atoms. The fraction of sp³-hybridized carbons (Fsp3) is 0.407. The third-order valence-corrected chi connectivity index (χ3v) is 6.48. The molecule has 1 fully saturated rings. The monoisotopic (exact) mass is 498 g/mol. The van der Waals surface area contributed by atoms with Gasteiger partial charge in [-0.25, -0.2) is 0 Å². The predicted octanol–water partition coefficient (Wildman–Crippen LogP) is 3.48. The standard InChI is InChI=1S/C27H34N2O7/c1-7-28(8-2)14-15-29-24(17-12-13-18(33-3)21(16-17)36-6)23(26(31)27(29)32)25(30)22-19(34-4)10-9-11-20(22)35-5/h9-13,16,24,30H,7-8,14-15H2,1-6H3/b25-23+. The second kappa shape index (κ2) is 11.8. The van der Waals surface area contributed by atoms with Gasteiger partial charge in [-0.2, -0.15) is 0 Å². The van der Waals surface area contributed by atoms with E-state index in [1.807, 2.05) is 13.8 Å². The minimum atomic E-state index is -0.852. The maximum absolute atomic E-state index is 13.4. The van der Waals surface area contributed by atoms with Crippen molar-refractivity contribution in [2.45, 2.75) is 19.9 Å². The summed E-state index contributed by atoms with van der Waals surface area (Å²) in [5, 5.41) is 11.5. The zero-order valence-corrected chi connectivity index (χ0v) is 21.7. The van der Waals surface area contributed by atoms with E-state index in [-0.39, 0.29) is 16.9 Å². The molecule has 1 aliphatic heterocycles. The molecule has 2 aromatic carbocycles. The van der Waals surface area contributed by atoms with Crippen LogP contribution >= 0.6 is 0 Å². The number of ether oxygens (including phenoxy) is 4. The van der Waals surface area contributed by atoms with Crippen LogP contribution in [0.2, 0.25) is 0 Å². The number of Topliss-reactive ketones (excluding diaryl/α,β-unsaturated/α-hetero) is 1. The number of likely N-dealkylation sites (tertiary alicyclic amines) is 1. The summed E-state index contributed by atoms with van der Waals surface area (Å²) in [6.45, 7) is 6.56. The van der Waals surface area contributed by atoms with E-state index in [0.29, 0.717) is 41.7 Å². The first-order valence-electron chi connectivity index (χ1n) is 11.8. The summed E-state index contributed by atoms with van der Waals surface area (Å²) in [5.41, 5.74) is 0.756. The molecule has 9 nitrogen and oxygen atoms in total. The summed E-state index contributed by atoms with van der Waals surface area (Å²) < 4.78 is 21.7. The number of ketones is 1. The third-order valence-electron chi connectivity index (χ3n) is 6.48. The second-order valence-corrected chi connectivity index (χ2v) is 8.17. The lowest BCUT2D eigenvalue weighted by Gasteiger charge is -2.28. The van der Waals surface area contributed by atoms with Crippen LogP contribution in [0.1, 0.15) is 31.0 Å². The molecule has 0 saturated carbocycles. The van der Waals surface area contributed by atoms with E-state index in [0.717, 1.165) is 13.1 Å². The van der Waals surface area contributed by atoms with Gasteiger partial charge >= 0.3 is 0 Å². The Morgan fingerprint density at radius 3 is 2.00 bits per heavy atom. The number of carbonyl (C=O) groups is 2. The van der Waals surface area contributed by atoms with Gasteiger partial charge in [-0.15, -0.1) is 0 Å². The van der Waals surface area contributed by atoms with E-state index in [1.165, 1.54) is 33.3 Å². The van der Waals surface area contributed by atoms with Crippen LogP contribution in [-0.2, 0) is 9.59 Å². The van der Waals surface area contributed by atoms with E-state index in [4.69, 9.17) is 18.9 Å². The molecule has 1 unspecified atom stereocenters. The molecule has 0 aromatic heterocycles. The number of amides is 1. The van der Waals surface area contributed by atoms with Crippen molar-refractivity contribution in [3.63, 3.8) is 0 Å². The number of aliphatic hydroxyl groups excluding tert-OH is 1. The molecule has 1 amide bonds. The zero-order valence-electron chi connectivity index (χ0n) is 21.7. The predicted molar refractivity (Wildman–Crippen MR) is 136 cm³/mol. The van der Waals surface area contributed by atoms with Crippen molar-refractivity contribution in [1.82, 2.24) is 9.80 Å². The first kappa shape index (κ1) is 26.9. The minimum Gasteiger partial charge on any atom is -0.506 e. The zero-order chi connectivity index (χ0) is 26.4. The molecule has 2 aromatic rings. The van der Waals surface area contributed by atoms with Crippen LogP contribution in [0.3, 0.4) is 0 Å². The van der Waals surface area contributed by atoms with Crippen molar-refractivity contribution >= 4 is 17.4 Å². The summed E-state index contributed by atoms with van der Waals surface area (Å²) in [6, 6.07) is 9.35. The quantitative estimate of drug-likeness (QED) is 0.286. The van der Waals surface area contributed by atoms with E-state index >= 15 is 0 Å². The van der Waals surface area contributed by atoms with E-state index < -0.39 is 17.7 Å². The highest BCUT2D eigenvalue weighted by atomic mass is 16.5. The van der Waals surface area contributed by atoms with E-state index in [2.05, 4.69) is 4.90 Å². The van der Waals surface area contributed by atoms with Gasteiger partial charge in [0.2, 0.25) is 0 Å². The maximum Gasteiger partial charge on any atom is 0.295 e. The average molecular weight is 499 g/mol. The molecule has 1 N–H and O–H groups in total. The van der Waals surface area contributed by atoms with Gasteiger partial charge in [0.1, 0.15) is 22.8 Å². The van der Waals surface area contributed by atoms with Gasteiger partial charge < -0.3 is 33.9 Å². The Morgan fingerprint density at radius 2 is 1.47 bits per heavy atom. The topological polar surface area (TPSA) is 97.8 Å². The highest BCUT2D eigenvalue weighted by molar-refractivity contribution is 6.46. The van der Waals surface area contributed by atoms with Gasteiger partial charge in [-0.05, 0) is 42.9 Å². The number of hydrogen-bond donors (Lipinski definition) is 1. The maximum atomic E-state index is 13.4. The number of nitrogens with zero attached hydrogens (tertiary/aromatic N) is 2. The van der Waals surface area contributed by atoms with Crippen LogP contribution in [0.5, 0.6) is 23.0 Å². The van der Waals surface area contributed by atoms with Gasteiger partial charge in [-0.1, -0.05) is 26.0 Å². The van der Waals surface area contributed by atoms with Crippen LogP contribution in [-0.4, -0.2) is 81.2 Å². The van der Waals surface area contributed by atoms with Crippen LogP contribution in [0, 0.1) is 0 Å². The molecule has 9 heteroatoms. The van der Waals surface area contributed by atoms with Crippen LogP contribution in [0.4, 0.5) is 0 Å². The molecular weight excluding hydrogens is 464 g/mol. The van der Waals surface area contributed by atoms with Crippen molar-refractivity contribution in [3.8, 4) is 23.0 Å². The van der Waals surface area contributed by atoms with Crippen molar-refractivity contribution < 1.29 is 33.6 Å². The SMILES string of the molecule is CCN(CC)CCN1C(=O)C(=O)/C(=C(/O)c2c(OC)cccc2OC)C1c1ccc(OC)c(OC)c1. The summed E-state index contributed by atoms with van der Waals surface area (Å²) in [6.07, 6.45) is 0. The van der Waals surface area contributed by atoms with E-state index in [9.17, 15) is 14.7 Å². The summed E-state index contributed by atoms with van der Waals surface area (Å²) >= 11 is 0. The fourth-order valence-corrected chi connectivity index (χ4v) is 4.49. The number of hydrogen-bond acceptors (Lipinski definition) is 8. The lowest BCUT2D eigenvalue weighted by molar-refractivity contribution is -0.140. The fourth-order valence-electron chi connectivity index (χ4n) is 4.49. The number of methoxy groups -OCH3 is 4. The summed E-state index contributed by atoms with van der Waals surface area (Å²) in [4.78, 5) is 30.4. The smallest absolute Gasteiger partial charge is 0.295 e. The lowest BCUT2D eigenvalue weighted by atomic mass is 9.94. The van der Waals surface area contributed by atoms with Gasteiger partial charge in [0.15, 0.2) is 11.5 Å². The second-order valence-electron chi connectivity index (χ2n) is 8.17. The normalized spacial score (nSPS) is 17.0. The molecule has 1 saturated heterocycles. The molecule has 194 valence electrons. The van der Waals surface area contributed by atoms with Crippen molar-refractivity contribution in [2.75, 3.05) is 54.6 Å². The van der Waals surface area contributed by atoms with Crippen LogP contribution in [0.15, 0.2) is 42.0 Å². The largest absolute Gasteiger partial charge is 0.506 e. The average Bonchev–Trinajstić information content (AvgIpc) is 3.17. The first-order valence-corrected chi connectivity index (χ1v) is 11.8. The Labute approximate surface area is 211 Å². The lowest BCUT2D eigenvalue weighted by Crippen LogP contribution is -2.38. The Bertz CT molecular complexity index is 1120. The molecule has 0 bridgehead atoms. The number of carbonyl (C=O) groups excluding carboxylic acids is 2. The molecular formula is C27H34N2O7. The highest BCUT2D eigenvalue weighted by Gasteiger charge is 2.46. The van der Waals surface area contributed by atoms with Crippen molar-refractivity contribution in [2.24, 2.45) is 0 Å². The third kappa shape index (κ3) is 4.97. The molecule has 1 heterocycles. The highest BCUT2D eigenvalue weighted by Crippen LogP contribution is 2.44. The Kier molecular flexibility index (Phi) is 8.82. The Balaban J connectivity index is 2.25. The minimum absolute atomic E-state index is 0.0467. The van der Waals surface area contributed by atoms with Crippen LogP contribution in [0.25, 0.3) is 5.76 Å².